The van der Waals surface area contributed by atoms with Crippen LogP contribution in [0.15, 0.2) is 6.20 Å². The molecule has 0 bridgehead atoms. The molecule has 21 heavy (non-hydrogen) atoms. The van der Waals surface area contributed by atoms with E-state index < -0.39 is 0 Å². The minimum Gasteiger partial charge on any atom is -0.377 e. The molecule has 1 atom stereocenters. The molecule has 0 radical (unpaired) electrons. The van der Waals surface area contributed by atoms with E-state index in [9.17, 15) is 4.79 Å². The fraction of sp³-hybridized carbons (Fsp3) is 0.733. The van der Waals surface area contributed by atoms with Gasteiger partial charge in [-0.3, -0.25) is 14.4 Å². The zero-order valence-corrected chi connectivity index (χ0v) is 13.3. The summed E-state index contributed by atoms with van der Waals surface area (Å²) in [6.07, 6.45) is 5.19. The number of aryl methyl sites for hydroxylation is 1. The molecule has 1 unspecified atom stereocenters. The molecule has 1 aromatic heterocycles. The topological polar surface area (TPSA) is 59.4 Å². The standard InChI is InChI=1S/C15H26N4O2/c1-4-8-21-13-6-5-7-19(10-13)11-15(20)17-14-9-16-18(3)12(14)2/h9,13H,4-8,10-11H2,1-3H3,(H,17,20). The lowest BCUT2D eigenvalue weighted by atomic mass is 10.1. The van der Waals surface area contributed by atoms with Crippen molar-refractivity contribution in [2.24, 2.45) is 7.05 Å². The number of piperidine rings is 1. The van der Waals surface area contributed by atoms with Crippen molar-refractivity contribution in [1.82, 2.24) is 14.7 Å². The molecular weight excluding hydrogens is 268 g/mol. The van der Waals surface area contributed by atoms with Gasteiger partial charge in [0.15, 0.2) is 0 Å². The number of ether oxygens (including phenoxy) is 1. The van der Waals surface area contributed by atoms with Gasteiger partial charge in [-0.05, 0) is 32.7 Å². The van der Waals surface area contributed by atoms with Crippen molar-refractivity contribution < 1.29 is 9.53 Å². The molecule has 2 rings (SSSR count). The summed E-state index contributed by atoms with van der Waals surface area (Å²) in [7, 11) is 1.87. The first kappa shape index (κ1) is 16.0. The summed E-state index contributed by atoms with van der Waals surface area (Å²) in [5.74, 6) is 0.0160. The molecule has 1 aromatic rings. The molecule has 1 aliphatic rings. The molecule has 118 valence electrons. The molecule has 1 saturated heterocycles. The van der Waals surface area contributed by atoms with Gasteiger partial charge in [-0.25, -0.2) is 0 Å². The summed E-state index contributed by atoms with van der Waals surface area (Å²) in [6.45, 7) is 7.09. The molecule has 0 saturated carbocycles. The maximum Gasteiger partial charge on any atom is 0.238 e. The Morgan fingerprint density at radius 3 is 3.05 bits per heavy atom. The van der Waals surface area contributed by atoms with E-state index in [-0.39, 0.29) is 12.0 Å². The average molecular weight is 294 g/mol. The van der Waals surface area contributed by atoms with E-state index in [1.165, 1.54) is 0 Å². The first-order valence-electron chi connectivity index (χ1n) is 7.72. The molecule has 0 aromatic carbocycles. The van der Waals surface area contributed by atoms with Crippen LogP contribution in [-0.2, 0) is 16.6 Å². The first-order chi connectivity index (χ1) is 10.1. The normalized spacial score (nSPS) is 19.7. The van der Waals surface area contributed by atoms with Crippen LogP contribution in [-0.4, -0.2) is 52.9 Å². The number of likely N-dealkylation sites (tertiary alicyclic amines) is 1. The third-order valence-electron chi connectivity index (χ3n) is 3.90. The van der Waals surface area contributed by atoms with Crippen LogP contribution in [0.3, 0.4) is 0 Å². The highest BCUT2D eigenvalue weighted by atomic mass is 16.5. The van der Waals surface area contributed by atoms with E-state index in [0.717, 1.165) is 50.3 Å². The van der Waals surface area contributed by atoms with Gasteiger partial charge in [-0.1, -0.05) is 6.92 Å². The van der Waals surface area contributed by atoms with E-state index in [1.54, 1.807) is 10.9 Å². The number of hydrogen-bond donors (Lipinski definition) is 1. The summed E-state index contributed by atoms with van der Waals surface area (Å²) in [5.41, 5.74) is 1.75. The third kappa shape index (κ3) is 4.54. The monoisotopic (exact) mass is 294 g/mol. The van der Waals surface area contributed by atoms with Crippen molar-refractivity contribution in [2.45, 2.75) is 39.2 Å². The van der Waals surface area contributed by atoms with Crippen molar-refractivity contribution in [1.29, 1.82) is 0 Å². The van der Waals surface area contributed by atoms with Crippen molar-refractivity contribution in [3.8, 4) is 0 Å². The molecule has 1 fully saturated rings. The van der Waals surface area contributed by atoms with Crippen LogP contribution in [0.4, 0.5) is 5.69 Å². The van der Waals surface area contributed by atoms with Crippen LogP contribution in [0.25, 0.3) is 0 Å². The zero-order valence-electron chi connectivity index (χ0n) is 13.3. The largest absolute Gasteiger partial charge is 0.377 e. The average Bonchev–Trinajstić information content (AvgIpc) is 2.77. The number of amides is 1. The second-order valence-corrected chi connectivity index (χ2v) is 5.69. The highest BCUT2D eigenvalue weighted by Gasteiger charge is 2.22. The van der Waals surface area contributed by atoms with Crippen LogP contribution in [0.1, 0.15) is 31.9 Å². The molecule has 0 spiro atoms. The SMILES string of the molecule is CCCOC1CCCN(CC(=O)Nc2cnn(C)c2C)C1. The number of carbonyl (C=O) groups excluding carboxylic acids is 1. The second-order valence-electron chi connectivity index (χ2n) is 5.69. The number of aromatic nitrogens is 2. The summed E-state index contributed by atoms with van der Waals surface area (Å²) in [5, 5.41) is 7.06. The Bertz CT molecular complexity index is 472. The summed E-state index contributed by atoms with van der Waals surface area (Å²) in [4.78, 5) is 14.3. The minimum absolute atomic E-state index is 0.0160. The van der Waals surface area contributed by atoms with E-state index in [2.05, 4.69) is 22.2 Å². The number of hydrogen-bond acceptors (Lipinski definition) is 4. The van der Waals surface area contributed by atoms with Crippen molar-refractivity contribution in [2.75, 3.05) is 31.6 Å². The van der Waals surface area contributed by atoms with Crippen LogP contribution in [0.2, 0.25) is 0 Å². The Kier molecular flexibility index (Phi) is 5.76. The fourth-order valence-corrected chi connectivity index (χ4v) is 2.59. The molecule has 1 amide bonds. The summed E-state index contributed by atoms with van der Waals surface area (Å²) >= 11 is 0. The van der Waals surface area contributed by atoms with Crippen molar-refractivity contribution in [3.63, 3.8) is 0 Å². The highest BCUT2D eigenvalue weighted by Crippen LogP contribution is 2.15. The molecule has 0 aliphatic carbocycles. The predicted molar refractivity (Wildman–Crippen MR) is 82.3 cm³/mol. The summed E-state index contributed by atoms with van der Waals surface area (Å²) < 4.78 is 7.55. The number of nitrogens with zero attached hydrogens (tertiary/aromatic N) is 3. The van der Waals surface area contributed by atoms with E-state index in [1.807, 2.05) is 14.0 Å². The molecule has 1 N–H and O–H groups in total. The van der Waals surface area contributed by atoms with E-state index in [4.69, 9.17) is 4.74 Å². The third-order valence-corrected chi connectivity index (χ3v) is 3.90. The van der Waals surface area contributed by atoms with Crippen molar-refractivity contribution >= 4 is 11.6 Å². The lowest BCUT2D eigenvalue weighted by Gasteiger charge is -2.32. The lowest BCUT2D eigenvalue weighted by molar-refractivity contribution is -0.118. The van der Waals surface area contributed by atoms with Gasteiger partial charge in [0.05, 0.1) is 30.2 Å². The number of rotatable bonds is 6. The number of nitrogens with one attached hydrogen (secondary N) is 1. The molecular formula is C15H26N4O2. The molecule has 1 aliphatic heterocycles. The first-order valence-corrected chi connectivity index (χ1v) is 7.72. The molecule has 6 nitrogen and oxygen atoms in total. The second kappa shape index (κ2) is 7.56. The predicted octanol–water partition coefficient (Wildman–Crippen LogP) is 1.56. The highest BCUT2D eigenvalue weighted by molar-refractivity contribution is 5.92. The van der Waals surface area contributed by atoms with Crippen LogP contribution in [0.5, 0.6) is 0 Å². The maximum absolute atomic E-state index is 12.1. The number of carbonyl (C=O) groups is 1. The quantitative estimate of drug-likeness (QED) is 0.865. The minimum atomic E-state index is 0.0160. The molecule has 2 heterocycles. The van der Waals surface area contributed by atoms with Gasteiger partial charge in [0.1, 0.15) is 0 Å². The van der Waals surface area contributed by atoms with Gasteiger partial charge >= 0.3 is 0 Å². The van der Waals surface area contributed by atoms with Crippen LogP contribution >= 0.6 is 0 Å². The fourth-order valence-electron chi connectivity index (χ4n) is 2.59. The van der Waals surface area contributed by atoms with E-state index in [0.29, 0.717) is 6.54 Å². The smallest absolute Gasteiger partial charge is 0.238 e. The summed E-state index contributed by atoms with van der Waals surface area (Å²) in [6, 6.07) is 0. The van der Waals surface area contributed by atoms with Gasteiger partial charge in [-0.15, -0.1) is 0 Å². The van der Waals surface area contributed by atoms with Crippen molar-refractivity contribution in [3.05, 3.63) is 11.9 Å². The zero-order chi connectivity index (χ0) is 15.2. The van der Waals surface area contributed by atoms with Crippen LogP contribution < -0.4 is 5.32 Å². The number of anilines is 1. The Morgan fingerprint density at radius 1 is 1.57 bits per heavy atom. The van der Waals surface area contributed by atoms with Gasteiger partial charge in [-0.2, -0.15) is 5.10 Å². The van der Waals surface area contributed by atoms with Gasteiger partial charge < -0.3 is 10.1 Å². The van der Waals surface area contributed by atoms with Crippen LogP contribution in [0, 0.1) is 6.92 Å². The Hall–Kier alpha value is -1.40. The lowest BCUT2D eigenvalue weighted by Crippen LogP contribution is -2.43. The molecule has 6 heteroatoms. The Balaban J connectivity index is 1.80. The van der Waals surface area contributed by atoms with Gasteiger partial charge in [0.25, 0.3) is 0 Å². The Morgan fingerprint density at radius 2 is 2.38 bits per heavy atom. The van der Waals surface area contributed by atoms with Gasteiger partial charge in [0, 0.05) is 20.2 Å². The van der Waals surface area contributed by atoms with Gasteiger partial charge in [0.2, 0.25) is 5.91 Å². The van der Waals surface area contributed by atoms with E-state index >= 15 is 0 Å². The Labute approximate surface area is 126 Å². The maximum atomic E-state index is 12.1.